The molecule has 0 spiro atoms. The summed E-state index contributed by atoms with van der Waals surface area (Å²) in [6.45, 7) is 0.479. The van der Waals surface area contributed by atoms with Gasteiger partial charge in [-0.25, -0.2) is 9.97 Å². The average Bonchev–Trinajstić information content (AvgIpc) is 2.79. The predicted octanol–water partition coefficient (Wildman–Crippen LogP) is 1.36. The zero-order valence-electron chi connectivity index (χ0n) is 8.88. The summed E-state index contributed by atoms with van der Waals surface area (Å²) in [5, 5.41) is 7.08. The van der Waals surface area contributed by atoms with Crippen LogP contribution in [0.4, 0.5) is 5.82 Å². The fraction of sp³-hybridized carbons (Fsp3) is 0.200. The number of hydrogen-bond acceptors (Lipinski definition) is 4. The zero-order chi connectivity index (χ0) is 12.1. The first-order valence-electron chi connectivity index (χ1n) is 4.98. The number of carbonyl (C=O) groups excluding carboxylic acids is 1. The number of rotatable bonds is 4. The van der Waals surface area contributed by atoms with Gasteiger partial charge in [0.2, 0.25) is 5.91 Å². The minimum atomic E-state index is -0.143. The number of nitrogens with zero attached hydrogens (tertiary/aromatic N) is 4. The molecular formula is C10H10ClN5O. The van der Waals surface area contributed by atoms with Crippen molar-refractivity contribution in [3.63, 3.8) is 0 Å². The molecule has 17 heavy (non-hydrogen) atoms. The van der Waals surface area contributed by atoms with E-state index in [0.717, 1.165) is 0 Å². The van der Waals surface area contributed by atoms with Crippen LogP contribution in [0.3, 0.4) is 0 Å². The maximum absolute atomic E-state index is 11.6. The third-order valence-electron chi connectivity index (χ3n) is 2.02. The van der Waals surface area contributed by atoms with E-state index in [-0.39, 0.29) is 5.91 Å². The summed E-state index contributed by atoms with van der Waals surface area (Å²) in [4.78, 5) is 19.3. The van der Waals surface area contributed by atoms with E-state index in [1.807, 2.05) is 0 Å². The summed E-state index contributed by atoms with van der Waals surface area (Å²) >= 11 is 5.77. The smallest absolute Gasteiger partial charge is 0.227 e. The highest BCUT2D eigenvalue weighted by Crippen LogP contribution is 2.11. The van der Waals surface area contributed by atoms with Crippen molar-refractivity contribution in [2.24, 2.45) is 0 Å². The first kappa shape index (κ1) is 11.5. The van der Waals surface area contributed by atoms with Gasteiger partial charge in [-0.2, -0.15) is 5.10 Å². The molecule has 0 bridgehead atoms. The molecule has 0 radical (unpaired) electrons. The van der Waals surface area contributed by atoms with Gasteiger partial charge in [-0.3, -0.25) is 9.48 Å². The average molecular weight is 252 g/mol. The molecule has 0 aromatic carbocycles. The van der Waals surface area contributed by atoms with Crippen LogP contribution in [0.5, 0.6) is 0 Å². The van der Waals surface area contributed by atoms with Crippen LogP contribution >= 0.6 is 11.6 Å². The van der Waals surface area contributed by atoms with E-state index in [0.29, 0.717) is 23.8 Å². The van der Waals surface area contributed by atoms with Crippen LogP contribution in [0.25, 0.3) is 0 Å². The lowest BCUT2D eigenvalue weighted by molar-refractivity contribution is -0.116. The molecule has 6 nitrogen and oxygen atoms in total. The first-order valence-corrected chi connectivity index (χ1v) is 5.35. The molecule has 88 valence electrons. The van der Waals surface area contributed by atoms with Crippen LogP contribution in [0.2, 0.25) is 5.02 Å². The van der Waals surface area contributed by atoms with E-state index in [1.54, 1.807) is 23.1 Å². The molecule has 0 aliphatic heterocycles. The Morgan fingerprint density at radius 2 is 2.41 bits per heavy atom. The number of carbonyl (C=O) groups is 1. The van der Waals surface area contributed by atoms with E-state index in [2.05, 4.69) is 20.4 Å². The minimum Gasteiger partial charge on any atom is -0.311 e. The fourth-order valence-electron chi connectivity index (χ4n) is 1.24. The Balaban J connectivity index is 1.85. The van der Waals surface area contributed by atoms with Gasteiger partial charge in [0.15, 0.2) is 0 Å². The number of halogens is 1. The van der Waals surface area contributed by atoms with Crippen molar-refractivity contribution in [2.45, 2.75) is 13.0 Å². The van der Waals surface area contributed by atoms with Crippen molar-refractivity contribution >= 4 is 23.3 Å². The summed E-state index contributed by atoms with van der Waals surface area (Å²) in [6.07, 6.45) is 4.83. The van der Waals surface area contributed by atoms with E-state index < -0.39 is 0 Å². The topological polar surface area (TPSA) is 72.7 Å². The lowest BCUT2D eigenvalue weighted by Gasteiger charge is -2.04. The number of amides is 1. The van der Waals surface area contributed by atoms with Gasteiger partial charge in [0, 0.05) is 17.6 Å². The van der Waals surface area contributed by atoms with Gasteiger partial charge in [-0.05, 0) is 12.1 Å². The lowest BCUT2D eigenvalue weighted by Crippen LogP contribution is -2.15. The quantitative estimate of drug-likeness (QED) is 0.890. The van der Waals surface area contributed by atoms with Crippen LogP contribution in [-0.2, 0) is 11.3 Å². The number of aromatic nitrogens is 4. The van der Waals surface area contributed by atoms with E-state index >= 15 is 0 Å². The fourth-order valence-corrected chi connectivity index (χ4v) is 1.40. The highest BCUT2D eigenvalue weighted by atomic mass is 35.5. The van der Waals surface area contributed by atoms with E-state index in [9.17, 15) is 4.79 Å². The monoisotopic (exact) mass is 251 g/mol. The molecular weight excluding hydrogens is 242 g/mol. The van der Waals surface area contributed by atoms with Crippen LogP contribution in [0, 0.1) is 0 Å². The molecule has 1 N–H and O–H groups in total. The molecule has 2 rings (SSSR count). The van der Waals surface area contributed by atoms with Crippen molar-refractivity contribution in [2.75, 3.05) is 5.32 Å². The Bertz CT molecular complexity index is 499. The predicted molar refractivity (Wildman–Crippen MR) is 62.5 cm³/mol. The second-order valence-corrected chi connectivity index (χ2v) is 3.75. The largest absolute Gasteiger partial charge is 0.311 e. The number of aryl methyl sites for hydroxylation is 1. The van der Waals surface area contributed by atoms with Gasteiger partial charge in [0.05, 0.1) is 6.54 Å². The maximum atomic E-state index is 11.6. The normalized spacial score (nSPS) is 10.2. The van der Waals surface area contributed by atoms with Gasteiger partial charge in [-0.1, -0.05) is 11.6 Å². The summed E-state index contributed by atoms with van der Waals surface area (Å²) < 4.78 is 1.59. The number of pyridine rings is 1. The van der Waals surface area contributed by atoms with Crippen molar-refractivity contribution in [3.8, 4) is 0 Å². The third kappa shape index (κ3) is 3.53. The molecule has 0 aliphatic rings. The van der Waals surface area contributed by atoms with Crippen LogP contribution < -0.4 is 5.32 Å². The highest BCUT2D eigenvalue weighted by molar-refractivity contribution is 6.30. The van der Waals surface area contributed by atoms with Gasteiger partial charge in [0.1, 0.15) is 18.5 Å². The molecule has 0 atom stereocenters. The van der Waals surface area contributed by atoms with Gasteiger partial charge < -0.3 is 5.32 Å². The lowest BCUT2D eigenvalue weighted by atomic mass is 10.4. The summed E-state index contributed by atoms with van der Waals surface area (Å²) in [5.41, 5.74) is 0. The van der Waals surface area contributed by atoms with Gasteiger partial charge in [0.25, 0.3) is 0 Å². The molecule has 0 unspecified atom stereocenters. The molecule has 2 heterocycles. The summed E-state index contributed by atoms with van der Waals surface area (Å²) in [7, 11) is 0. The van der Waals surface area contributed by atoms with Gasteiger partial charge >= 0.3 is 0 Å². The minimum absolute atomic E-state index is 0.143. The van der Waals surface area contributed by atoms with Crippen molar-refractivity contribution in [1.82, 2.24) is 19.7 Å². The molecule has 1 amide bonds. The summed E-state index contributed by atoms with van der Waals surface area (Å²) in [6, 6.07) is 3.24. The Hall–Kier alpha value is -1.95. The Morgan fingerprint density at radius 3 is 3.12 bits per heavy atom. The number of anilines is 1. The second-order valence-electron chi connectivity index (χ2n) is 3.32. The van der Waals surface area contributed by atoms with E-state index in [4.69, 9.17) is 11.6 Å². The van der Waals surface area contributed by atoms with E-state index in [1.165, 1.54) is 12.5 Å². The van der Waals surface area contributed by atoms with Crippen LogP contribution in [-0.4, -0.2) is 25.7 Å². The molecule has 0 aliphatic carbocycles. The Kier molecular flexibility index (Phi) is 3.66. The van der Waals surface area contributed by atoms with Crippen molar-refractivity contribution in [1.29, 1.82) is 0 Å². The zero-order valence-corrected chi connectivity index (χ0v) is 9.63. The molecule has 0 saturated heterocycles. The highest BCUT2D eigenvalue weighted by Gasteiger charge is 2.04. The molecule has 0 fully saturated rings. The second kappa shape index (κ2) is 5.40. The van der Waals surface area contributed by atoms with Gasteiger partial charge in [-0.15, -0.1) is 0 Å². The molecule has 7 heteroatoms. The Labute approximate surface area is 103 Å². The molecule has 0 saturated carbocycles. The van der Waals surface area contributed by atoms with Crippen LogP contribution in [0.1, 0.15) is 6.42 Å². The third-order valence-corrected chi connectivity index (χ3v) is 2.26. The number of hydrogen-bond donors (Lipinski definition) is 1. The van der Waals surface area contributed by atoms with Crippen molar-refractivity contribution < 1.29 is 4.79 Å². The molecule has 2 aromatic heterocycles. The Morgan fingerprint density at radius 1 is 1.53 bits per heavy atom. The molecule has 2 aromatic rings. The SMILES string of the molecule is O=C(CCn1cncn1)Nc1cc(Cl)ccn1. The summed E-state index contributed by atoms with van der Waals surface area (Å²) in [5.74, 6) is 0.302. The van der Waals surface area contributed by atoms with Crippen molar-refractivity contribution in [3.05, 3.63) is 36.0 Å². The number of nitrogens with one attached hydrogen (secondary N) is 1. The van der Waals surface area contributed by atoms with Crippen LogP contribution in [0.15, 0.2) is 31.0 Å². The first-order chi connectivity index (χ1) is 8.24. The maximum Gasteiger partial charge on any atom is 0.227 e. The standard InChI is InChI=1S/C10H10ClN5O/c11-8-1-3-13-9(5-8)15-10(17)2-4-16-7-12-6-14-16/h1,3,5-7H,2,4H2,(H,13,15,17).